The molecule has 0 amide bonds. The Morgan fingerprint density at radius 2 is 2.14 bits per heavy atom. The predicted molar refractivity (Wildman–Crippen MR) is 103 cm³/mol. The van der Waals surface area contributed by atoms with Crippen LogP contribution in [-0.2, 0) is 21.0 Å². The van der Waals surface area contributed by atoms with Gasteiger partial charge in [-0.25, -0.2) is 13.8 Å². The minimum absolute atomic E-state index is 0.118. The van der Waals surface area contributed by atoms with Gasteiger partial charge in [0.15, 0.2) is 11.6 Å². The maximum Gasteiger partial charge on any atom is 0.313 e. The molecule has 2 heterocycles. The number of halogens is 2. The number of rotatable bonds is 7. The fourth-order valence-corrected chi connectivity index (χ4v) is 2.82. The Hall–Kier alpha value is -3.56. The predicted octanol–water partition coefficient (Wildman–Crippen LogP) is 2.22. The van der Waals surface area contributed by atoms with Crippen LogP contribution in [0, 0.1) is 17.0 Å². The number of esters is 1. The van der Waals surface area contributed by atoms with E-state index in [4.69, 9.17) is 15.9 Å². The van der Waals surface area contributed by atoms with Gasteiger partial charge in [-0.1, -0.05) is 23.4 Å². The Morgan fingerprint density at radius 3 is 2.79 bits per heavy atom. The minimum atomic E-state index is -0.731. The van der Waals surface area contributed by atoms with Crippen molar-refractivity contribution in [3.8, 4) is 11.1 Å². The number of amidine groups is 1. The van der Waals surface area contributed by atoms with Gasteiger partial charge in [0.05, 0.1) is 18.8 Å². The van der Waals surface area contributed by atoms with Gasteiger partial charge in [0.25, 0.3) is 0 Å². The summed E-state index contributed by atoms with van der Waals surface area (Å²) in [6, 6.07) is 5.72. The van der Waals surface area contributed by atoms with Crippen LogP contribution in [0.15, 0.2) is 35.6 Å². The molecular weight excluding hydrogens is 384 g/mol. The molecule has 152 valence electrons. The van der Waals surface area contributed by atoms with E-state index < -0.39 is 17.6 Å². The molecular formula is C19H19F2N5O3. The van der Waals surface area contributed by atoms with Crippen molar-refractivity contribution in [2.75, 3.05) is 25.1 Å². The standard InChI is InChI=1S/C19H19F2N5O3/c1-28-25-13-8-26(9-13)19-15(20)5-12(7-24-19)14-4-2-3-11(18(14)21)10-29-17(27)6-16(22)23/h2-5,7H,6,8-10H2,1H3,(H3,22,23). The summed E-state index contributed by atoms with van der Waals surface area (Å²) in [5.74, 6) is -2.15. The number of carbonyl (C=O) groups is 1. The van der Waals surface area contributed by atoms with E-state index in [2.05, 4.69) is 15.0 Å². The highest BCUT2D eigenvalue weighted by molar-refractivity contribution is 5.99. The molecule has 10 heteroatoms. The first-order valence-electron chi connectivity index (χ1n) is 8.64. The Morgan fingerprint density at radius 1 is 1.38 bits per heavy atom. The topological polar surface area (TPSA) is 114 Å². The number of nitrogens with two attached hydrogens (primary N) is 1. The van der Waals surface area contributed by atoms with Crippen molar-refractivity contribution in [1.82, 2.24) is 4.98 Å². The third-order valence-electron chi connectivity index (χ3n) is 4.20. The van der Waals surface area contributed by atoms with E-state index in [9.17, 15) is 13.6 Å². The molecule has 3 rings (SSSR count). The number of hydrogen-bond donors (Lipinski definition) is 2. The van der Waals surface area contributed by atoms with Gasteiger partial charge in [-0.15, -0.1) is 0 Å². The van der Waals surface area contributed by atoms with Gasteiger partial charge < -0.3 is 20.2 Å². The first-order chi connectivity index (χ1) is 13.9. The minimum Gasteiger partial charge on any atom is -0.460 e. The second-order valence-corrected chi connectivity index (χ2v) is 6.37. The molecule has 0 saturated carbocycles. The van der Waals surface area contributed by atoms with Gasteiger partial charge in [0.2, 0.25) is 0 Å². The number of hydrogen-bond acceptors (Lipinski definition) is 7. The highest BCUT2D eigenvalue weighted by Crippen LogP contribution is 2.29. The average molecular weight is 403 g/mol. The highest BCUT2D eigenvalue weighted by atomic mass is 19.1. The van der Waals surface area contributed by atoms with Gasteiger partial charge in [-0.3, -0.25) is 10.2 Å². The molecule has 1 aromatic carbocycles. The molecule has 1 aliphatic heterocycles. The van der Waals surface area contributed by atoms with Crippen molar-refractivity contribution in [3.63, 3.8) is 0 Å². The number of oxime groups is 1. The highest BCUT2D eigenvalue weighted by Gasteiger charge is 2.26. The molecule has 1 saturated heterocycles. The molecule has 0 atom stereocenters. The maximum atomic E-state index is 14.8. The van der Waals surface area contributed by atoms with Crippen molar-refractivity contribution in [3.05, 3.63) is 47.7 Å². The number of aromatic nitrogens is 1. The van der Waals surface area contributed by atoms with E-state index in [1.807, 2.05) is 0 Å². The Balaban J connectivity index is 1.75. The molecule has 1 aromatic heterocycles. The van der Waals surface area contributed by atoms with Crippen molar-refractivity contribution in [1.29, 1.82) is 5.41 Å². The lowest BCUT2D eigenvalue weighted by Crippen LogP contribution is -2.48. The van der Waals surface area contributed by atoms with Crippen molar-refractivity contribution in [2.24, 2.45) is 10.9 Å². The zero-order valence-corrected chi connectivity index (χ0v) is 15.6. The summed E-state index contributed by atoms with van der Waals surface area (Å²) in [5, 5.41) is 10.8. The Bertz CT molecular complexity index is 972. The average Bonchev–Trinajstić information content (AvgIpc) is 2.63. The number of nitrogens with one attached hydrogen (secondary N) is 1. The number of ether oxygens (including phenoxy) is 1. The quantitative estimate of drug-likeness (QED) is 0.317. The van der Waals surface area contributed by atoms with Crippen molar-refractivity contribution in [2.45, 2.75) is 13.0 Å². The Kier molecular flexibility index (Phi) is 6.01. The van der Waals surface area contributed by atoms with E-state index in [1.165, 1.54) is 31.5 Å². The van der Waals surface area contributed by atoms with Crippen LogP contribution in [0.3, 0.4) is 0 Å². The smallest absolute Gasteiger partial charge is 0.313 e. The largest absolute Gasteiger partial charge is 0.460 e. The number of benzene rings is 1. The SMILES string of the molecule is CON=C1CN(c2ncc(-c3cccc(COC(=O)CC(=N)N)c3F)cc2F)C1. The maximum absolute atomic E-state index is 14.8. The van der Waals surface area contributed by atoms with Crippen LogP contribution < -0.4 is 10.6 Å². The van der Waals surface area contributed by atoms with Crippen LogP contribution in [0.2, 0.25) is 0 Å². The van der Waals surface area contributed by atoms with Gasteiger partial charge in [-0.05, 0) is 6.07 Å². The molecule has 3 N–H and O–H groups in total. The first-order valence-corrected chi connectivity index (χ1v) is 8.64. The van der Waals surface area contributed by atoms with Crippen LogP contribution >= 0.6 is 0 Å². The molecule has 0 aliphatic carbocycles. The van der Waals surface area contributed by atoms with Crippen molar-refractivity contribution >= 4 is 23.3 Å². The summed E-state index contributed by atoms with van der Waals surface area (Å²) in [6.45, 7) is 0.494. The van der Waals surface area contributed by atoms with Crippen LogP contribution in [0.5, 0.6) is 0 Å². The summed E-state index contributed by atoms with van der Waals surface area (Å²) in [5.41, 5.74) is 6.41. The van der Waals surface area contributed by atoms with E-state index in [1.54, 1.807) is 11.0 Å². The lowest BCUT2D eigenvalue weighted by Gasteiger charge is -2.33. The number of anilines is 1. The summed E-state index contributed by atoms with van der Waals surface area (Å²) in [7, 11) is 1.44. The summed E-state index contributed by atoms with van der Waals surface area (Å²) in [4.78, 5) is 22.0. The second-order valence-electron chi connectivity index (χ2n) is 6.37. The third kappa shape index (κ3) is 4.65. The molecule has 0 radical (unpaired) electrons. The number of nitrogens with zero attached hydrogens (tertiary/aromatic N) is 3. The molecule has 0 unspecified atom stereocenters. The molecule has 2 aromatic rings. The van der Waals surface area contributed by atoms with Crippen molar-refractivity contribution < 1.29 is 23.1 Å². The van der Waals surface area contributed by atoms with Gasteiger partial charge in [-0.2, -0.15) is 0 Å². The zero-order chi connectivity index (χ0) is 21.0. The lowest BCUT2D eigenvalue weighted by atomic mass is 10.0. The van der Waals surface area contributed by atoms with E-state index in [-0.39, 0.29) is 41.4 Å². The fraction of sp³-hybridized carbons (Fsp3) is 0.263. The molecule has 1 aliphatic rings. The first kappa shape index (κ1) is 20.2. The molecule has 1 fully saturated rings. The second kappa shape index (κ2) is 8.63. The van der Waals surface area contributed by atoms with Crippen LogP contribution in [-0.4, -0.2) is 42.7 Å². The van der Waals surface area contributed by atoms with Gasteiger partial charge >= 0.3 is 5.97 Å². The van der Waals surface area contributed by atoms with Crippen LogP contribution in [0.4, 0.5) is 14.6 Å². The van der Waals surface area contributed by atoms with Gasteiger partial charge in [0.1, 0.15) is 31.8 Å². The summed E-state index contributed by atoms with van der Waals surface area (Å²) in [6.07, 6.45) is 1.01. The fourth-order valence-electron chi connectivity index (χ4n) is 2.82. The molecule has 0 bridgehead atoms. The van der Waals surface area contributed by atoms with Crippen LogP contribution in [0.1, 0.15) is 12.0 Å². The number of carbonyl (C=O) groups excluding carboxylic acids is 1. The van der Waals surface area contributed by atoms with Crippen LogP contribution in [0.25, 0.3) is 11.1 Å². The van der Waals surface area contributed by atoms with E-state index in [0.717, 1.165) is 5.71 Å². The molecule has 29 heavy (non-hydrogen) atoms. The molecule has 0 spiro atoms. The zero-order valence-electron chi connectivity index (χ0n) is 15.6. The monoisotopic (exact) mass is 403 g/mol. The third-order valence-corrected chi connectivity index (χ3v) is 4.20. The number of pyridine rings is 1. The molecule has 8 nitrogen and oxygen atoms in total. The summed E-state index contributed by atoms with van der Waals surface area (Å²) >= 11 is 0. The van der Waals surface area contributed by atoms with E-state index in [0.29, 0.717) is 13.1 Å². The summed E-state index contributed by atoms with van der Waals surface area (Å²) < 4.78 is 34.3. The van der Waals surface area contributed by atoms with Gasteiger partial charge in [0, 0.05) is 22.9 Å². The lowest BCUT2D eigenvalue weighted by molar-refractivity contribution is -0.143. The Labute approximate surface area is 165 Å². The normalized spacial score (nSPS) is 12.9. The van der Waals surface area contributed by atoms with E-state index >= 15 is 0 Å².